The Morgan fingerprint density at radius 3 is 3.00 bits per heavy atom. The van der Waals surface area contributed by atoms with Crippen LogP contribution in [-0.2, 0) is 0 Å². The summed E-state index contributed by atoms with van der Waals surface area (Å²) in [5, 5.41) is 13.2. The van der Waals surface area contributed by atoms with Crippen molar-refractivity contribution in [2.24, 2.45) is 0 Å². The maximum atomic E-state index is 11.9. The fourth-order valence-corrected chi connectivity index (χ4v) is 2.19. The van der Waals surface area contributed by atoms with Crippen LogP contribution in [-0.4, -0.2) is 23.3 Å². The molecule has 1 aromatic heterocycles. The molecule has 1 heterocycles. The number of hydrogen-bond donors (Lipinski definition) is 3. The van der Waals surface area contributed by atoms with Gasteiger partial charge in [-0.05, 0) is 30.3 Å². The van der Waals surface area contributed by atoms with Gasteiger partial charge in [-0.2, -0.15) is 5.10 Å². The molecular weight excluding hydrogens is 292 g/mol. The summed E-state index contributed by atoms with van der Waals surface area (Å²) in [6, 6.07) is 12.8. The Morgan fingerprint density at radius 2 is 2.13 bits per heavy atom. The minimum Gasteiger partial charge on any atom is -0.496 e. The first-order chi connectivity index (χ1) is 11.3. The van der Waals surface area contributed by atoms with Crippen molar-refractivity contribution >= 4 is 28.7 Å². The van der Waals surface area contributed by atoms with Gasteiger partial charge in [0.1, 0.15) is 5.75 Å². The number of H-pyrrole nitrogens is 1. The zero-order chi connectivity index (χ0) is 16.1. The van der Waals surface area contributed by atoms with Gasteiger partial charge in [0.05, 0.1) is 18.8 Å². The first kappa shape index (κ1) is 14.6. The Hall–Kier alpha value is -3.28. The van der Waals surface area contributed by atoms with Gasteiger partial charge in [0, 0.05) is 22.8 Å². The standard InChI is InChI=1S/C17H16N4O2/c1-23-16-5-3-2-4-12(16)8-9-18-17(22)20-14-7-6-13-11-19-21-15(13)10-14/h2-11H,1H3,(H,19,21)(H2,18,20,22)/b9-8+. The molecule has 23 heavy (non-hydrogen) atoms. The number of nitrogens with zero attached hydrogens (tertiary/aromatic N) is 1. The third-order valence-electron chi connectivity index (χ3n) is 3.32. The Morgan fingerprint density at radius 1 is 1.26 bits per heavy atom. The summed E-state index contributed by atoms with van der Waals surface area (Å²) in [4.78, 5) is 11.9. The third-order valence-corrected chi connectivity index (χ3v) is 3.32. The lowest BCUT2D eigenvalue weighted by Gasteiger charge is -2.05. The number of ether oxygens (including phenoxy) is 1. The number of aromatic nitrogens is 2. The molecule has 3 aromatic rings. The summed E-state index contributed by atoms with van der Waals surface area (Å²) in [5.74, 6) is 0.746. The highest BCUT2D eigenvalue weighted by Crippen LogP contribution is 2.18. The SMILES string of the molecule is COc1ccccc1/C=C/NC(=O)Nc1ccc2cn[nH]c2c1. The van der Waals surface area contributed by atoms with Gasteiger partial charge in [-0.1, -0.05) is 18.2 Å². The summed E-state index contributed by atoms with van der Waals surface area (Å²) in [7, 11) is 1.61. The number of nitrogens with one attached hydrogen (secondary N) is 3. The Kier molecular flexibility index (Phi) is 4.24. The lowest BCUT2D eigenvalue weighted by Crippen LogP contribution is -2.23. The molecule has 0 aliphatic rings. The second-order valence-corrected chi connectivity index (χ2v) is 4.85. The van der Waals surface area contributed by atoms with E-state index in [-0.39, 0.29) is 6.03 Å². The molecule has 0 fully saturated rings. The van der Waals surface area contributed by atoms with E-state index in [9.17, 15) is 4.79 Å². The van der Waals surface area contributed by atoms with Crippen LogP contribution in [0.3, 0.4) is 0 Å². The van der Waals surface area contributed by atoms with Crippen molar-refractivity contribution in [3.05, 3.63) is 60.4 Å². The van der Waals surface area contributed by atoms with Crippen molar-refractivity contribution in [3.63, 3.8) is 0 Å². The molecule has 0 aliphatic heterocycles. The molecule has 3 rings (SSSR count). The van der Waals surface area contributed by atoms with Crippen LogP contribution in [0.5, 0.6) is 5.75 Å². The van der Waals surface area contributed by atoms with Crippen LogP contribution in [0.1, 0.15) is 5.56 Å². The Labute approximate surface area is 133 Å². The fourth-order valence-electron chi connectivity index (χ4n) is 2.19. The normalized spacial score (nSPS) is 10.8. The van der Waals surface area contributed by atoms with Crippen LogP contribution in [0, 0.1) is 0 Å². The van der Waals surface area contributed by atoms with E-state index in [0.717, 1.165) is 22.2 Å². The van der Waals surface area contributed by atoms with Crippen molar-refractivity contribution in [2.45, 2.75) is 0 Å². The van der Waals surface area contributed by atoms with E-state index < -0.39 is 0 Å². The van der Waals surface area contributed by atoms with Crippen LogP contribution in [0.2, 0.25) is 0 Å². The number of benzene rings is 2. The lowest BCUT2D eigenvalue weighted by molar-refractivity contribution is 0.255. The van der Waals surface area contributed by atoms with Gasteiger partial charge in [0.25, 0.3) is 0 Å². The third kappa shape index (κ3) is 3.49. The Bertz CT molecular complexity index is 854. The average Bonchev–Trinajstić information content (AvgIpc) is 3.03. The van der Waals surface area contributed by atoms with Gasteiger partial charge in [-0.15, -0.1) is 0 Å². The van der Waals surface area contributed by atoms with Gasteiger partial charge in [0.15, 0.2) is 0 Å². The van der Waals surface area contributed by atoms with Gasteiger partial charge >= 0.3 is 6.03 Å². The molecule has 3 N–H and O–H groups in total. The molecular formula is C17H16N4O2. The van der Waals surface area contributed by atoms with E-state index in [1.807, 2.05) is 42.5 Å². The van der Waals surface area contributed by atoms with Crippen LogP contribution < -0.4 is 15.4 Å². The summed E-state index contributed by atoms with van der Waals surface area (Å²) < 4.78 is 5.24. The summed E-state index contributed by atoms with van der Waals surface area (Å²) in [5.41, 5.74) is 2.44. The highest BCUT2D eigenvalue weighted by Gasteiger charge is 2.02. The van der Waals surface area contributed by atoms with Crippen molar-refractivity contribution in [1.29, 1.82) is 0 Å². The van der Waals surface area contributed by atoms with E-state index in [4.69, 9.17) is 4.74 Å². The van der Waals surface area contributed by atoms with E-state index in [0.29, 0.717) is 5.69 Å². The van der Waals surface area contributed by atoms with E-state index >= 15 is 0 Å². The lowest BCUT2D eigenvalue weighted by atomic mass is 10.2. The van der Waals surface area contributed by atoms with Gasteiger partial charge in [-0.3, -0.25) is 5.10 Å². The highest BCUT2D eigenvalue weighted by molar-refractivity contribution is 5.93. The predicted molar refractivity (Wildman–Crippen MR) is 90.3 cm³/mol. The molecule has 0 saturated heterocycles. The molecule has 0 unspecified atom stereocenters. The first-order valence-electron chi connectivity index (χ1n) is 7.06. The molecule has 0 saturated carbocycles. The maximum absolute atomic E-state index is 11.9. The quantitative estimate of drug-likeness (QED) is 0.691. The largest absolute Gasteiger partial charge is 0.496 e. The minimum atomic E-state index is -0.324. The van der Waals surface area contributed by atoms with Gasteiger partial charge in [0.2, 0.25) is 0 Å². The molecule has 2 aromatic carbocycles. The second-order valence-electron chi connectivity index (χ2n) is 4.85. The van der Waals surface area contributed by atoms with Crippen LogP contribution in [0.15, 0.2) is 54.9 Å². The average molecular weight is 308 g/mol. The zero-order valence-corrected chi connectivity index (χ0v) is 12.5. The van der Waals surface area contributed by atoms with Crippen molar-refractivity contribution < 1.29 is 9.53 Å². The maximum Gasteiger partial charge on any atom is 0.323 e. The molecule has 0 atom stereocenters. The minimum absolute atomic E-state index is 0.324. The predicted octanol–water partition coefficient (Wildman–Crippen LogP) is 3.36. The van der Waals surface area contributed by atoms with Crippen molar-refractivity contribution in [2.75, 3.05) is 12.4 Å². The van der Waals surface area contributed by atoms with Crippen LogP contribution in [0.4, 0.5) is 10.5 Å². The number of methoxy groups -OCH3 is 1. The van der Waals surface area contributed by atoms with Crippen molar-refractivity contribution in [1.82, 2.24) is 15.5 Å². The Balaban J connectivity index is 1.61. The summed E-state index contributed by atoms with van der Waals surface area (Å²) >= 11 is 0. The number of urea groups is 1. The highest BCUT2D eigenvalue weighted by atomic mass is 16.5. The van der Waals surface area contributed by atoms with Crippen LogP contribution in [0.25, 0.3) is 17.0 Å². The molecule has 0 aliphatic carbocycles. The molecule has 0 spiro atoms. The number of hydrogen-bond acceptors (Lipinski definition) is 3. The van der Waals surface area contributed by atoms with E-state index in [1.165, 1.54) is 0 Å². The van der Waals surface area contributed by atoms with Gasteiger partial charge in [-0.25, -0.2) is 4.79 Å². The number of carbonyl (C=O) groups excluding carboxylic acids is 1. The van der Waals surface area contributed by atoms with Crippen molar-refractivity contribution in [3.8, 4) is 5.75 Å². The number of aromatic amines is 1. The molecule has 2 amide bonds. The van der Waals surface area contributed by atoms with E-state index in [1.54, 1.807) is 25.6 Å². The fraction of sp³-hybridized carbons (Fsp3) is 0.0588. The summed E-state index contributed by atoms with van der Waals surface area (Å²) in [6.07, 6.45) is 5.08. The van der Waals surface area contributed by atoms with E-state index in [2.05, 4.69) is 20.8 Å². The number of fused-ring (bicyclic) bond motifs is 1. The zero-order valence-electron chi connectivity index (χ0n) is 12.5. The van der Waals surface area contributed by atoms with Crippen LogP contribution >= 0.6 is 0 Å². The number of anilines is 1. The first-order valence-corrected chi connectivity index (χ1v) is 7.06. The van der Waals surface area contributed by atoms with Gasteiger partial charge < -0.3 is 15.4 Å². The summed E-state index contributed by atoms with van der Waals surface area (Å²) in [6.45, 7) is 0. The number of amides is 2. The molecule has 6 nitrogen and oxygen atoms in total. The number of para-hydroxylation sites is 1. The smallest absolute Gasteiger partial charge is 0.323 e. The topological polar surface area (TPSA) is 79.0 Å². The number of carbonyl (C=O) groups is 1. The molecule has 6 heteroatoms. The monoisotopic (exact) mass is 308 g/mol. The molecule has 0 bridgehead atoms. The number of rotatable bonds is 4. The molecule has 116 valence electrons. The second kappa shape index (κ2) is 6.65. The molecule has 0 radical (unpaired) electrons.